The highest BCUT2D eigenvalue weighted by atomic mass is 16.4. The second kappa shape index (κ2) is 8.44. The topological polar surface area (TPSA) is 121 Å². The Labute approximate surface area is 173 Å². The van der Waals surface area contributed by atoms with Gasteiger partial charge >= 0.3 is 5.97 Å². The number of nitrogens with one attached hydrogen (secondary N) is 2. The maximum Gasteiger partial charge on any atom is 0.307 e. The molecule has 8 heteroatoms. The second-order valence-corrected chi connectivity index (χ2v) is 7.54. The normalized spacial score (nSPS) is 14.8. The molecule has 154 valence electrons. The quantitative estimate of drug-likeness (QED) is 0.530. The molecule has 0 spiro atoms. The van der Waals surface area contributed by atoms with E-state index in [0.717, 1.165) is 34.2 Å². The van der Waals surface area contributed by atoms with Crippen LogP contribution in [0.4, 0.5) is 0 Å². The van der Waals surface area contributed by atoms with Crippen molar-refractivity contribution in [3.63, 3.8) is 0 Å². The average molecular weight is 405 g/mol. The fraction of sp³-hybridized carbons (Fsp3) is 0.318. The molecule has 0 bridgehead atoms. The third-order valence-electron chi connectivity index (χ3n) is 5.68. The number of benzene rings is 2. The van der Waals surface area contributed by atoms with Crippen LogP contribution in [0.3, 0.4) is 0 Å². The Balaban J connectivity index is 1.61. The number of aromatic nitrogens is 4. The molecule has 0 saturated carbocycles. The Hall–Kier alpha value is -3.55. The van der Waals surface area contributed by atoms with Gasteiger partial charge in [-0.05, 0) is 51.6 Å². The molecular formula is C22H23N5O3. The molecule has 2 heterocycles. The number of rotatable bonds is 8. The highest BCUT2D eigenvalue weighted by Gasteiger charge is 2.31. The van der Waals surface area contributed by atoms with Crippen LogP contribution in [0.5, 0.6) is 0 Å². The summed E-state index contributed by atoms with van der Waals surface area (Å²) in [5.41, 5.74) is 4.79. The standard InChI is InChI=1S/C22H23N5O3/c1-2-4-17(22(29)30)18(20-24-26-27-25-20)11-13-7-9-14(10-8-13)15-5-3-6-16-19(15)12-23-21(16)28/h3,5-10,17-18H,2,4,11-12H2,1H3,(H,23,28)(H,29,30)(H,24,25,26,27)/t17-,18-/m0/s1. The smallest absolute Gasteiger partial charge is 0.307 e. The molecule has 8 nitrogen and oxygen atoms in total. The molecule has 30 heavy (non-hydrogen) atoms. The van der Waals surface area contributed by atoms with Crippen molar-refractivity contribution in [3.05, 3.63) is 65.0 Å². The average Bonchev–Trinajstić information content (AvgIpc) is 3.41. The first kappa shape index (κ1) is 19.8. The summed E-state index contributed by atoms with van der Waals surface area (Å²) in [6.45, 7) is 2.50. The number of aromatic amines is 1. The number of carboxylic acid groups (broad SMARTS) is 1. The zero-order valence-corrected chi connectivity index (χ0v) is 16.6. The summed E-state index contributed by atoms with van der Waals surface area (Å²) in [4.78, 5) is 23.8. The molecule has 1 aromatic heterocycles. The summed E-state index contributed by atoms with van der Waals surface area (Å²) in [5.74, 6) is -1.30. The predicted octanol–water partition coefficient (Wildman–Crippen LogP) is 2.94. The van der Waals surface area contributed by atoms with Crippen LogP contribution < -0.4 is 5.32 Å². The largest absolute Gasteiger partial charge is 0.481 e. The number of carboxylic acids is 1. The first-order valence-corrected chi connectivity index (χ1v) is 10.0. The van der Waals surface area contributed by atoms with E-state index in [2.05, 4.69) is 25.9 Å². The van der Waals surface area contributed by atoms with Crippen LogP contribution in [0.1, 0.15) is 53.0 Å². The van der Waals surface area contributed by atoms with Gasteiger partial charge in [0.05, 0.1) is 5.92 Å². The minimum atomic E-state index is -0.841. The lowest BCUT2D eigenvalue weighted by Crippen LogP contribution is -2.25. The number of amides is 1. The van der Waals surface area contributed by atoms with Gasteiger partial charge in [0, 0.05) is 18.0 Å². The van der Waals surface area contributed by atoms with Gasteiger partial charge in [-0.3, -0.25) is 9.59 Å². The molecule has 4 rings (SSSR count). The number of carbonyl (C=O) groups excluding carboxylic acids is 1. The molecule has 1 aliphatic rings. The van der Waals surface area contributed by atoms with E-state index in [1.165, 1.54) is 0 Å². The lowest BCUT2D eigenvalue weighted by molar-refractivity contribution is -0.143. The highest BCUT2D eigenvalue weighted by Crippen LogP contribution is 2.32. The van der Waals surface area contributed by atoms with Gasteiger partial charge in [0.1, 0.15) is 0 Å². The van der Waals surface area contributed by atoms with Gasteiger partial charge in [0.2, 0.25) is 0 Å². The predicted molar refractivity (Wildman–Crippen MR) is 110 cm³/mol. The summed E-state index contributed by atoms with van der Waals surface area (Å²) in [6.07, 6.45) is 1.83. The van der Waals surface area contributed by atoms with Crippen LogP contribution in [0.15, 0.2) is 42.5 Å². The number of carbonyl (C=O) groups is 2. The van der Waals surface area contributed by atoms with E-state index in [9.17, 15) is 14.7 Å². The Morgan fingerprint density at radius 2 is 1.93 bits per heavy atom. The first-order chi connectivity index (χ1) is 14.6. The Bertz CT molecular complexity index is 1050. The fourth-order valence-electron chi connectivity index (χ4n) is 4.16. The van der Waals surface area contributed by atoms with Gasteiger partial charge in [-0.2, -0.15) is 0 Å². The van der Waals surface area contributed by atoms with Crippen molar-refractivity contribution in [2.45, 2.75) is 38.6 Å². The van der Waals surface area contributed by atoms with Crippen LogP contribution in [0.2, 0.25) is 0 Å². The van der Waals surface area contributed by atoms with Crippen molar-refractivity contribution < 1.29 is 14.7 Å². The number of tetrazole rings is 1. The molecule has 0 saturated heterocycles. The van der Waals surface area contributed by atoms with Crippen molar-refractivity contribution in [2.24, 2.45) is 5.92 Å². The van der Waals surface area contributed by atoms with Crippen molar-refractivity contribution in [2.75, 3.05) is 0 Å². The first-order valence-electron chi connectivity index (χ1n) is 10.0. The lowest BCUT2D eigenvalue weighted by Gasteiger charge is -2.21. The van der Waals surface area contributed by atoms with Crippen molar-refractivity contribution in [1.29, 1.82) is 0 Å². The molecule has 1 aliphatic heterocycles. The fourth-order valence-corrected chi connectivity index (χ4v) is 4.16. The Morgan fingerprint density at radius 3 is 2.60 bits per heavy atom. The Kier molecular flexibility index (Phi) is 5.56. The third-order valence-corrected chi connectivity index (χ3v) is 5.68. The molecule has 0 unspecified atom stereocenters. The highest BCUT2D eigenvalue weighted by molar-refractivity contribution is 6.00. The van der Waals surface area contributed by atoms with Gasteiger partial charge < -0.3 is 10.4 Å². The number of H-pyrrole nitrogens is 1. The number of hydrogen-bond acceptors (Lipinski definition) is 5. The molecule has 3 aromatic rings. The molecule has 1 amide bonds. The third kappa shape index (κ3) is 3.80. The van der Waals surface area contributed by atoms with Gasteiger partial charge in [0.15, 0.2) is 5.82 Å². The minimum absolute atomic E-state index is 0.0392. The van der Waals surface area contributed by atoms with E-state index < -0.39 is 11.9 Å². The van der Waals surface area contributed by atoms with Gasteiger partial charge in [-0.25, -0.2) is 5.10 Å². The van der Waals surface area contributed by atoms with Gasteiger partial charge in [0.25, 0.3) is 5.91 Å². The number of fused-ring (bicyclic) bond motifs is 1. The van der Waals surface area contributed by atoms with E-state index in [0.29, 0.717) is 25.2 Å². The second-order valence-electron chi connectivity index (χ2n) is 7.54. The zero-order chi connectivity index (χ0) is 21.1. The van der Waals surface area contributed by atoms with Crippen LogP contribution in [0.25, 0.3) is 11.1 Å². The maximum atomic E-state index is 11.9. The summed E-state index contributed by atoms with van der Waals surface area (Å²) in [6, 6.07) is 13.8. The molecule has 0 aliphatic carbocycles. The van der Waals surface area contributed by atoms with Crippen molar-refractivity contribution in [1.82, 2.24) is 25.9 Å². The van der Waals surface area contributed by atoms with Crippen LogP contribution in [-0.4, -0.2) is 37.6 Å². The van der Waals surface area contributed by atoms with E-state index in [1.807, 2.05) is 49.4 Å². The van der Waals surface area contributed by atoms with Crippen molar-refractivity contribution >= 4 is 11.9 Å². The van der Waals surface area contributed by atoms with Crippen LogP contribution >= 0.6 is 0 Å². The summed E-state index contributed by atoms with van der Waals surface area (Å²) < 4.78 is 0. The SMILES string of the molecule is CCC[C@H](C(=O)O)[C@H](Cc1ccc(-c2cccc3c2CNC3=O)cc1)c1nnn[nH]1. The Morgan fingerprint density at radius 1 is 1.17 bits per heavy atom. The van der Waals surface area contributed by atoms with Crippen LogP contribution in [0, 0.1) is 5.92 Å². The summed E-state index contributed by atoms with van der Waals surface area (Å²) in [5, 5.41) is 26.6. The molecule has 3 N–H and O–H groups in total. The van der Waals surface area contributed by atoms with E-state index >= 15 is 0 Å². The number of nitrogens with zero attached hydrogens (tertiary/aromatic N) is 3. The monoisotopic (exact) mass is 405 g/mol. The maximum absolute atomic E-state index is 11.9. The van der Waals surface area contributed by atoms with Crippen molar-refractivity contribution in [3.8, 4) is 11.1 Å². The zero-order valence-electron chi connectivity index (χ0n) is 16.6. The lowest BCUT2D eigenvalue weighted by atomic mass is 9.83. The molecule has 2 atom stereocenters. The van der Waals surface area contributed by atoms with Gasteiger partial charge in [-0.15, -0.1) is 5.10 Å². The molecule has 2 aromatic carbocycles. The van der Waals surface area contributed by atoms with Gasteiger partial charge in [-0.1, -0.05) is 49.7 Å². The molecule has 0 fully saturated rings. The van der Waals surface area contributed by atoms with E-state index in [1.54, 1.807) is 0 Å². The molecule has 0 radical (unpaired) electrons. The number of hydrogen-bond donors (Lipinski definition) is 3. The van der Waals surface area contributed by atoms with E-state index in [-0.39, 0.29) is 11.8 Å². The van der Waals surface area contributed by atoms with E-state index in [4.69, 9.17) is 0 Å². The minimum Gasteiger partial charge on any atom is -0.481 e. The molecular weight excluding hydrogens is 382 g/mol. The summed E-state index contributed by atoms with van der Waals surface area (Å²) in [7, 11) is 0. The number of aliphatic carboxylic acids is 1. The van der Waals surface area contributed by atoms with Crippen LogP contribution in [-0.2, 0) is 17.8 Å². The summed E-state index contributed by atoms with van der Waals surface area (Å²) >= 11 is 0.